The summed E-state index contributed by atoms with van der Waals surface area (Å²) >= 11 is 1.59. The van der Waals surface area contributed by atoms with Crippen molar-refractivity contribution in [2.75, 3.05) is 13.1 Å². The van der Waals surface area contributed by atoms with Crippen molar-refractivity contribution in [2.24, 2.45) is 0 Å². The Kier molecular flexibility index (Phi) is 4.37. The van der Waals surface area contributed by atoms with E-state index in [0.717, 1.165) is 35.3 Å². The van der Waals surface area contributed by atoms with Crippen LogP contribution >= 0.6 is 11.3 Å². The third-order valence-corrected chi connectivity index (χ3v) is 4.57. The molecule has 0 radical (unpaired) electrons. The summed E-state index contributed by atoms with van der Waals surface area (Å²) < 4.78 is 1.74. The molecule has 1 atom stereocenters. The molecule has 19 heavy (non-hydrogen) atoms. The lowest BCUT2D eigenvalue weighted by Crippen LogP contribution is -2.31. The van der Waals surface area contributed by atoms with Gasteiger partial charge in [-0.2, -0.15) is 0 Å². The van der Waals surface area contributed by atoms with Crippen molar-refractivity contribution < 1.29 is 0 Å². The molecule has 0 spiro atoms. The van der Waals surface area contributed by atoms with Crippen molar-refractivity contribution in [1.29, 1.82) is 0 Å². The van der Waals surface area contributed by atoms with Crippen LogP contribution in [0.4, 0.5) is 0 Å². The number of rotatable bonds is 5. The fourth-order valence-corrected chi connectivity index (χ4v) is 3.14. The molecule has 0 saturated carbocycles. The molecule has 0 bridgehead atoms. The maximum absolute atomic E-state index is 12.5. The van der Waals surface area contributed by atoms with Crippen LogP contribution < -0.4 is 10.9 Å². The van der Waals surface area contributed by atoms with Crippen LogP contribution in [0.1, 0.15) is 36.8 Å². The Morgan fingerprint density at radius 2 is 2.21 bits per heavy atom. The zero-order valence-corrected chi connectivity index (χ0v) is 12.8. The number of hydrogen-bond acceptors (Lipinski definition) is 4. The summed E-state index contributed by atoms with van der Waals surface area (Å²) in [6.07, 6.45) is 2.78. The number of aromatic nitrogens is 2. The van der Waals surface area contributed by atoms with Crippen LogP contribution in [0, 0.1) is 13.8 Å². The van der Waals surface area contributed by atoms with Crippen LogP contribution in [0.5, 0.6) is 0 Å². The van der Waals surface area contributed by atoms with Crippen LogP contribution in [0.2, 0.25) is 0 Å². The molecular formula is C14H21N3OS. The summed E-state index contributed by atoms with van der Waals surface area (Å²) in [6, 6.07) is 0.121. The van der Waals surface area contributed by atoms with Gasteiger partial charge in [-0.05, 0) is 39.3 Å². The lowest BCUT2D eigenvalue weighted by molar-refractivity contribution is 0.479. The molecule has 0 fully saturated rings. The maximum atomic E-state index is 12.5. The van der Waals surface area contributed by atoms with E-state index in [2.05, 4.69) is 17.2 Å². The lowest BCUT2D eigenvalue weighted by Gasteiger charge is -2.15. The highest BCUT2D eigenvalue weighted by Gasteiger charge is 2.14. The van der Waals surface area contributed by atoms with Crippen molar-refractivity contribution >= 4 is 21.6 Å². The van der Waals surface area contributed by atoms with Crippen molar-refractivity contribution in [2.45, 2.75) is 40.2 Å². The Balaban J connectivity index is 2.37. The molecule has 2 rings (SSSR count). The zero-order chi connectivity index (χ0) is 14.0. The number of nitrogens with one attached hydrogen (secondary N) is 1. The topological polar surface area (TPSA) is 46.9 Å². The Hall–Kier alpha value is -1.20. The van der Waals surface area contributed by atoms with Crippen LogP contribution in [0.15, 0.2) is 11.1 Å². The van der Waals surface area contributed by atoms with Gasteiger partial charge in [-0.3, -0.25) is 9.36 Å². The number of aryl methyl sites for hydroxylation is 2. The van der Waals surface area contributed by atoms with Gasteiger partial charge >= 0.3 is 0 Å². The van der Waals surface area contributed by atoms with Crippen molar-refractivity contribution in [1.82, 2.24) is 14.9 Å². The SMILES string of the molecule is CCCNCC(C)n1cnc2sc(C)c(C)c2c1=O. The number of hydrogen-bond donors (Lipinski definition) is 1. The van der Waals surface area contributed by atoms with E-state index in [-0.39, 0.29) is 11.6 Å². The minimum atomic E-state index is 0.0812. The van der Waals surface area contributed by atoms with E-state index in [4.69, 9.17) is 0 Å². The van der Waals surface area contributed by atoms with E-state index in [9.17, 15) is 4.79 Å². The first-order valence-electron chi connectivity index (χ1n) is 6.73. The fourth-order valence-electron chi connectivity index (χ4n) is 2.15. The molecule has 4 nitrogen and oxygen atoms in total. The fraction of sp³-hybridized carbons (Fsp3) is 0.571. The van der Waals surface area contributed by atoms with Gasteiger partial charge in [0.25, 0.3) is 5.56 Å². The third kappa shape index (κ3) is 2.72. The summed E-state index contributed by atoms with van der Waals surface area (Å²) in [5, 5.41) is 4.13. The van der Waals surface area contributed by atoms with Crippen molar-refractivity contribution in [3.05, 3.63) is 27.1 Å². The average molecular weight is 279 g/mol. The third-order valence-electron chi connectivity index (χ3n) is 3.46. The summed E-state index contributed by atoms with van der Waals surface area (Å²) in [5.74, 6) is 0. The molecule has 0 saturated heterocycles. The minimum Gasteiger partial charge on any atom is -0.315 e. The molecule has 2 aromatic rings. The monoisotopic (exact) mass is 279 g/mol. The normalized spacial score (nSPS) is 13.1. The van der Waals surface area contributed by atoms with E-state index in [1.54, 1.807) is 22.2 Å². The Morgan fingerprint density at radius 1 is 1.47 bits per heavy atom. The molecule has 1 unspecified atom stereocenters. The highest BCUT2D eigenvalue weighted by atomic mass is 32.1. The van der Waals surface area contributed by atoms with Crippen molar-refractivity contribution in [3.63, 3.8) is 0 Å². The van der Waals surface area contributed by atoms with Gasteiger partial charge < -0.3 is 5.32 Å². The van der Waals surface area contributed by atoms with Gasteiger partial charge in [0.2, 0.25) is 0 Å². The summed E-state index contributed by atoms with van der Waals surface area (Å²) in [6.45, 7) is 9.99. The first-order valence-corrected chi connectivity index (χ1v) is 7.55. The van der Waals surface area contributed by atoms with E-state index in [1.165, 1.54) is 4.88 Å². The largest absolute Gasteiger partial charge is 0.315 e. The van der Waals surface area contributed by atoms with Crippen LogP contribution in [-0.2, 0) is 0 Å². The highest BCUT2D eigenvalue weighted by molar-refractivity contribution is 7.18. The van der Waals surface area contributed by atoms with Crippen LogP contribution in [0.25, 0.3) is 10.2 Å². The van der Waals surface area contributed by atoms with Gasteiger partial charge in [0.1, 0.15) is 4.83 Å². The smallest absolute Gasteiger partial charge is 0.262 e. The Morgan fingerprint density at radius 3 is 2.89 bits per heavy atom. The Labute approximate surface area is 117 Å². The Bertz CT molecular complexity index is 629. The quantitative estimate of drug-likeness (QED) is 0.856. The van der Waals surface area contributed by atoms with Gasteiger partial charge in [0, 0.05) is 17.5 Å². The first kappa shape index (κ1) is 14.2. The van der Waals surface area contributed by atoms with E-state index in [1.807, 2.05) is 20.8 Å². The second kappa shape index (κ2) is 5.84. The van der Waals surface area contributed by atoms with E-state index < -0.39 is 0 Å². The molecule has 1 N–H and O–H groups in total. The molecule has 0 amide bonds. The molecule has 104 valence electrons. The van der Waals surface area contributed by atoms with Gasteiger partial charge in [-0.1, -0.05) is 6.92 Å². The summed E-state index contributed by atoms with van der Waals surface area (Å²) in [5.41, 5.74) is 1.15. The molecule has 0 aliphatic rings. The predicted octanol–water partition coefficient (Wildman–Crippen LogP) is 2.64. The molecule has 5 heteroatoms. The van der Waals surface area contributed by atoms with Gasteiger partial charge in [0.15, 0.2) is 0 Å². The number of thiophene rings is 1. The molecule has 2 aromatic heterocycles. The predicted molar refractivity (Wildman–Crippen MR) is 81.2 cm³/mol. The number of fused-ring (bicyclic) bond motifs is 1. The van der Waals surface area contributed by atoms with E-state index >= 15 is 0 Å². The number of nitrogens with zero attached hydrogens (tertiary/aromatic N) is 2. The second-order valence-electron chi connectivity index (χ2n) is 4.97. The zero-order valence-electron chi connectivity index (χ0n) is 12.0. The minimum absolute atomic E-state index is 0.0812. The van der Waals surface area contributed by atoms with Gasteiger partial charge in [-0.25, -0.2) is 4.98 Å². The molecular weight excluding hydrogens is 258 g/mol. The summed E-state index contributed by atoms with van der Waals surface area (Å²) in [7, 11) is 0. The lowest BCUT2D eigenvalue weighted by atomic mass is 10.2. The molecule has 2 heterocycles. The molecule has 0 aromatic carbocycles. The summed E-state index contributed by atoms with van der Waals surface area (Å²) in [4.78, 5) is 19.0. The second-order valence-corrected chi connectivity index (χ2v) is 6.18. The first-order chi connectivity index (χ1) is 9.06. The van der Waals surface area contributed by atoms with Gasteiger partial charge in [-0.15, -0.1) is 11.3 Å². The molecule has 0 aliphatic heterocycles. The van der Waals surface area contributed by atoms with Crippen molar-refractivity contribution in [3.8, 4) is 0 Å². The standard InChI is InChI=1S/C14H21N3OS/c1-5-6-15-7-9(2)17-8-16-13-12(14(17)18)10(3)11(4)19-13/h8-9,15H,5-7H2,1-4H3. The maximum Gasteiger partial charge on any atom is 0.262 e. The van der Waals surface area contributed by atoms with Gasteiger partial charge in [0.05, 0.1) is 11.7 Å². The van der Waals surface area contributed by atoms with Crippen LogP contribution in [0.3, 0.4) is 0 Å². The average Bonchev–Trinajstić information content (AvgIpc) is 2.66. The van der Waals surface area contributed by atoms with Crippen LogP contribution in [-0.4, -0.2) is 22.6 Å². The highest BCUT2D eigenvalue weighted by Crippen LogP contribution is 2.25. The van der Waals surface area contributed by atoms with E-state index in [0.29, 0.717) is 0 Å². The molecule has 0 aliphatic carbocycles.